The third kappa shape index (κ3) is 1.83. The number of carboxylic acids is 1. The second-order valence-corrected chi connectivity index (χ2v) is 4.08. The van der Waals surface area contributed by atoms with Gasteiger partial charge in [-0.05, 0) is 34.1 Å². The number of aromatic nitrogens is 1. The van der Waals surface area contributed by atoms with Crippen LogP contribution in [0, 0.1) is 0 Å². The van der Waals surface area contributed by atoms with Crippen LogP contribution in [0.3, 0.4) is 0 Å². The highest BCUT2D eigenvalue weighted by Crippen LogP contribution is 2.32. The number of aromatic amines is 1. The fourth-order valence-electron chi connectivity index (χ4n) is 1.48. The van der Waals surface area contributed by atoms with Crippen molar-refractivity contribution in [2.75, 3.05) is 0 Å². The summed E-state index contributed by atoms with van der Waals surface area (Å²) in [5.74, 6) is -0.777. The summed E-state index contributed by atoms with van der Waals surface area (Å²) in [7, 11) is 0. The van der Waals surface area contributed by atoms with Gasteiger partial charge in [-0.3, -0.25) is 4.79 Å². The Balaban J connectivity index is 2.56. The number of rotatable bonds is 2. The number of phenolic OH excluding ortho intramolecular Hbond substituents is 1. The first-order valence-corrected chi connectivity index (χ1v) is 5.08. The van der Waals surface area contributed by atoms with Crippen LogP contribution in [0.25, 0.3) is 10.9 Å². The van der Waals surface area contributed by atoms with Crippen molar-refractivity contribution in [2.24, 2.45) is 0 Å². The van der Waals surface area contributed by atoms with Crippen molar-refractivity contribution in [1.29, 1.82) is 0 Å². The SMILES string of the molecule is O=C(O)Cc1cc2c(O)c(Br)ccc2[nH]1. The summed E-state index contributed by atoms with van der Waals surface area (Å²) < 4.78 is 0.593. The van der Waals surface area contributed by atoms with Crippen molar-refractivity contribution in [2.45, 2.75) is 6.42 Å². The average Bonchev–Trinajstić information content (AvgIpc) is 2.54. The van der Waals surface area contributed by atoms with Gasteiger partial charge in [0.2, 0.25) is 0 Å². The lowest BCUT2D eigenvalue weighted by atomic mass is 10.2. The number of carboxylic acid groups (broad SMARTS) is 1. The van der Waals surface area contributed by atoms with E-state index in [1.54, 1.807) is 18.2 Å². The van der Waals surface area contributed by atoms with E-state index in [-0.39, 0.29) is 12.2 Å². The lowest BCUT2D eigenvalue weighted by Crippen LogP contribution is -1.99. The van der Waals surface area contributed by atoms with Crippen molar-refractivity contribution in [3.05, 3.63) is 28.4 Å². The molecule has 0 atom stereocenters. The Bertz CT molecular complexity index is 533. The van der Waals surface area contributed by atoms with E-state index in [2.05, 4.69) is 20.9 Å². The van der Waals surface area contributed by atoms with E-state index >= 15 is 0 Å². The summed E-state index contributed by atoms with van der Waals surface area (Å²) in [6, 6.07) is 5.13. The van der Waals surface area contributed by atoms with Gasteiger partial charge in [-0.25, -0.2) is 0 Å². The van der Waals surface area contributed by atoms with Crippen molar-refractivity contribution in [3.63, 3.8) is 0 Å². The molecular weight excluding hydrogens is 262 g/mol. The van der Waals surface area contributed by atoms with Crippen molar-refractivity contribution < 1.29 is 15.0 Å². The predicted molar refractivity (Wildman–Crippen MR) is 59.0 cm³/mol. The van der Waals surface area contributed by atoms with Crippen LogP contribution in [0.2, 0.25) is 0 Å². The number of phenols is 1. The summed E-state index contributed by atoms with van der Waals surface area (Å²) in [6.45, 7) is 0. The maximum Gasteiger partial charge on any atom is 0.309 e. The lowest BCUT2D eigenvalue weighted by molar-refractivity contribution is -0.136. The number of halogens is 1. The van der Waals surface area contributed by atoms with Crippen LogP contribution < -0.4 is 0 Å². The Morgan fingerprint density at radius 3 is 2.87 bits per heavy atom. The molecule has 0 saturated carbocycles. The van der Waals surface area contributed by atoms with Crippen molar-refractivity contribution in [1.82, 2.24) is 4.98 Å². The van der Waals surface area contributed by atoms with E-state index in [1.165, 1.54) is 0 Å². The smallest absolute Gasteiger partial charge is 0.309 e. The summed E-state index contributed by atoms with van der Waals surface area (Å²) in [5, 5.41) is 18.9. The first-order chi connectivity index (χ1) is 7.08. The maximum absolute atomic E-state index is 10.5. The molecule has 0 amide bonds. The minimum atomic E-state index is -0.903. The Morgan fingerprint density at radius 2 is 2.20 bits per heavy atom. The van der Waals surface area contributed by atoms with Crippen molar-refractivity contribution >= 4 is 32.8 Å². The normalized spacial score (nSPS) is 10.7. The number of fused-ring (bicyclic) bond motifs is 1. The van der Waals surface area contributed by atoms with E-state index in [0.29, 0.717) is 15.6 Å². The largest absolute Gasteiger partial charge is 0.506 e. The van der Waals surface area contributed by atoms with Gasteiger partial charge < -0.3 is 15.2 Å². The van der Waals surface area contributed by atoms with Gasteiger partial charge in [0.05, 0.1) is 10.9 Å². The number of hydrogen-bond acceptors (Lipinski definition) is 2. The molecule has 1 aromatic heterocycles. The molecule has 0 aliphatic carbocycles. The van der Waals surface area contributed by atoms with E-state index in [0.717, 1.165) is 5.52 Å². The molecule has 0 unspecified atom stereocenters. The number of benzene rings is 1. The van der Waals surface area contributed by atoms with Crippen LogP contribution in [0.4, 0.5) is 0 Å². The predicted octanol–water partition coefficient (Wildman–Crippen LogP) is 2.26. The van der Waals surface area contributed by atoms with Gasteiger partial charge in [0.25, 0.3) is 0 Å². The van der Waals surface area contributed by atoms with Gasteiger partial charge in [-0.15, -0.1) is 0 Å². The van der Waals surface area contributed by atoms with Gasteiger partial charge >= 0.3 is 5.97 Å². The molecule has 0 aliphatic rings. The molecule has 0 aliphatic heterocycles. The molecule has 3 N–H and O–H groups in total. The third-order valence-electron chi connectivity index (χ3n) is 2.12. The summed E-state index contributed by atoms with van der Waals surface area (Å²) in [4.78, 5) is 13.4. The highest BCUT2D eigenvalue weighted by Gasteiger charge is 2.09. The Kier molecular flexibility index (Phi) is 2.40. The van der Waals surface area contributed by atoms with E-state index in [4.69, 9.17) is 5.11 Å². The maximum atomic E-state index is 10.5. The van der Waals surface area contributed by atoms with Gasteiger partial charge in [-0.1, -0.05) is 0 Å². The van der Waals surface area contributed by atoms with E-state index in [1.807, 2.05) is 0 Å². The zero-order valence-electron chi connectivity index (χ0n) is 7.62. The number of H-pyrrole nitrogens is 1. The molecule has 1 aromatic carbocycles. The minimum Gasteiger partial charge on any atom is -0.506 e. The van der Waals surface area contributed by atoms with Crippen LogP contribution >= 0.6 is 15.9 Å². The van der Waals surface area contributed by atoms with Crippen LogP contribution in [-0.2, 0) is 11.2 Å². The third-order valence-corrected chi connectivity index (χ3v) is 2.76. The topological polar surface area (TPSA) is 73.3 Å². The van der Waals surface area contributed by atoms with Gasteiger partial charge in [0, 0.05) is 16.6 Å². The minimum absolute atomic E-state index is 0.0776. The lowest BCUT2D eigenvalue weighted by Gasteiger charge is -1.96. The standard InChI is InChI=1S/C10H8BrNO3/c11-7-1-2-8-6(10(7)15)3-5(12-8)4-9(13)14/h1-3,12,15H,4H2,(H,13,14). The molecule has 78 valence electrons. The molecule has 15 heavy (non-hydrogen) atoms. The number of aromatic hydroxyl groups is 1. The fraction of sp³-hybridized carbons (Fsp3) is 0.100. The quantitative estimate of drug-likeness (QED) is 0.783. The van der Waals surface area contributed by atoms with Crippen LogP contribution in [-0.4, -0.2) is 21.2 Å². The number of hydrogen-bond donors (Lipinski definition) is 3. The number of nitrogens with one attached hydrogen (secondary N) is 1. The first-order valence-electron chi connectivity index (χ1n) is 4.29. The zero-order chi connectivity index (χ0) is 11.0. The fourth-order valence-corrected chi connectivity index (χ4v) is 1.82. The molecular formula is C10H8BrNO3. The summed E-state index contributed by atoms with van der Waals surface area (Å²) in [6.07, 6.45) is -0.0776. The summed E-state index contributed by atoms with van der Waals surface area (Å²) in [5.41, 5.74) is 1.30. The molecule has 1 heterocycles. The van der Waals surface area contributed by atoms with Crippen LogP contribution in [0.5, 0.6) is 5.75 Å². The highest BCUT2D eigenvalue weighted by atomic mass is 79.9. The van der Waals surface area contributed by atoms with E-state index in [9.17, 15) is 9.90 Å². The number of carbonyl (C=O) groups is 1. The molecule has 0 spiro atoms. The van der Waals surface area contributed by atoms with Gasteiger partial charge in [0.1, 0.15) is 5.75 Å². The molecule has 2 rings (SSSR count). The zero-order valence-corrected chi connectivity index (χ0v) is 9.21. The van der Waals surface area contributed by atoms with Gasteiger partial charge in [-0.2, -0.15) is 0 Å². The summed E-state index contributed by atoms with van der Waals surface area (Å²) >= 11 is 3.20. The molecule has 4 nitrogen and oxygen atoms in total. The Hall–Kier alpha value is -1.49. The first kappa shape index (κ1) is 10.0. The molecule has 0 radical (unpaired) electrons. The molecule has 2 aromatic rings. The second kappa shape index (κ2) is 3.58. The number of aliphatic carboxylic acids is 1. The highest BCUT2D eigenvalue weighted by molar-refractivity contribution is 9.10. The average molecular weight is 270 g/mol. The van der Waals surface area contributed by atoms with Crippen LogP contribution in [0.1, 0.15) is 5.69 Å². The van der Waals surface area contributed by atoms with E-state index < -0.39 is 5.97 Å². The van der Waals surface area contributed by atoms with Crippen LogP contribution in [0.15, 0.2) is 22.7 Å². The second-order valence-electron chi connectivity index (χ2n) is 3.22. The molecule has 5 heteroatoms. The monoisotopic (exact) mass is 269 g/mol. The van der Waals surface area contributed by atoms with Crippen molar-refractivity contribution in [3.8, 4) is 5.75 Å². The molecule has 0 saturated heterocycles. The van der Waals surface area contributed by atoms with Gasteiger partial charge in [0.15, 0.2) is 0 Å². The molecule has 0 bridgehead atoms. The Morgan fingerprint density at radius 1 is 1.47 bits per heavy atom. The Labute approximate surface area is 93.7 Å². The molecule has 0 fully saturated rings.